The molecular formula is C7H15NO2. The number of rotatable bonds is 1. The number of ether oxygens (including phenoxy) is 2. The van der Waals surface area contributed by atoms with Crippen LogP contribution in [0.15, 0.2) is 0 Å². The fraction of sp³-hybridized carbons (Fsp3) is 1.00. The van der Waals surface area contributed by atoms with Crippen molar-refractivity contribution in [3.63, 3.8) is 0 Å². The van der Waals surface area contributed by atoms with Crippen LogP contribution < -0.4 is 5.73 Å². The van der Waals surface area contributed by atoms with Gasteiger partial charge in [0.05, 0.1) is 12.7 Å². The zero-order valence-corrected chi connectivity index (χ0v) is 6.59. The van der Waals surface area contributed by atoms with Crippen molar-refractivity contribution in [3.05, 3.63) is 0 Å². The first-order valence-corrected chi connectivity index (χ1v) is 3.66. The van der Waals surface area contributed by atoms with Crippen LogP contribution in [0, 0.1) is 0 Å². The van der Waals surface area contributed by atoms with Gasteiger partial charge in [-0.25, -0.2) is 0 Å². The predicted octanol–water partition coefficient (Wildman–Crippen LogP) is 0.487. The molecule has 1 aliphatic heterocycles. The first kappa shape index (κ1) is 7.98. The molecule has 0 aliphatic carbocycles. The summed E-state index contributed by atoms with van der Waals surface area (Å²) in [6.07, 6.45) is 1.10. The van der Waals surface area contributed by atoms with E-state index in [4.69, 9.17) is 15.2 Å². The normalized spacial score (nSPS) is 32.1. The smallest absolute Gasteiger partial charge is 0.163 e. The lowest BCUT2D eigenvalue weighted by Crippen LogP contribution is -2.42. The van der Waals surface area contributed by atoms with E-state index in [1.54, 1.807) is 0 Å². The van der Waals surface area contributed by atoms with Crippen LogP contribution in [0.3, 0.4) is 0 Å². The molecule has 0 bridgehead atoms. The summed E-state index contributed by atoms with van der Waals surface area (Å²) in [6.45, 7) is 5.17. The fourth-order valence-corrected chi connectivity index (χ4v) is 1.10. The van der Waals surface area contributed by atoms with Crippen LogP contribution in [0.1, 0.15) is 20.3 Å². The molecule has 3 heteroatoms. The van der Waals surface area contributed by atoms with Gasteiger partial charge in [0, 0.05) is 6.54 Å². The van der Waals surface area contributed by atoms with E-state index in [0.717, 1.165) is 13.0 Å². The molecule has 0 unspecified atom stereocenters. The largest absolute Gasteiger partial charge is 0.350 e. The molecule has 0 radical (unpaired) electrons. The predicted molar refractivity (Wildman–Crippen MR) is 38.6 cm³/mol. The van der Waals surface area contributed by atoms with E-state index in [1.807, 2.05) is 13.8 Å². The maximum atomic E-state index is 5.48. The fourth-order valence-electron chi connectivity index (χ4n) is 1.10. The average molecular weight is 145 g/mol. The number of hydrogen-bond acceptors (Lipinski definition) is 3. The molecule has 1 fully saturated rings. The van der Waals surface area contributed by atoms with Gasteiger partial charge in [-0.1, -0.05) is 0 Å². The van der Waals surface area contributed by atoms with E-state index in [0.29, 0.717) is 6.54 Å². The zero-order chi connectivity index (χ0) is 7.61. The van der Waals surface area contributed by atoms with Gasteiger partial charge in [-0.2, -0.15) is 0 Å². The van der Waals surface area contributed by atoms with E-state index in [-0.39, 0.29) is 6.10 Å². The number of nitrogens with two attached hydrogens (primary N) is 1. The summed E-state index contributed by atoms with van der Waals surface area (Å²) in [5, 5.41) is 0. The van der Waals surface area contributed by atoms with Gasteiger partial charge >= 0.3 is 0 Å². The molecule has 0 amide bonds. The second-order valence-corrected chi connectivity index (χ2v) is 3.01. The standard InChI is InChI=1S/C7H15NO2/c1-7(2)9-4-3-6(5-8)10-7/h6H,3-5,8H2,1-2H3/t6-/m0/s1. The molecule has 0 aromatic carbocycles. The minimum absolute atomic E-state index is 0.184. The SMILES string of the molecule is CC1(C)OCC[C@@H](CN)O1. The molecule has 60 valence electrons. The van der Waals surface area contributed by atoms with Crippen LogP contribution in [0.25, 0.3) is 0 Å². The quantitative estimate of drug-likeness (QED) is 0.584. The molecule has 0 aromatic rings. The molecule has 10 heavy (non-hydrogen) atoms. The van der Waals surface area contributed by atoms with Crippen molar-refractivity contribution in [1.29, 1.82) is 0 Å². The van der Waals surface area contributed by atoms with Gasteiger partial charge in [0.2, 0.25) is 0 Å². The highest BCUT2D eigenvalue weighted by Crippen LogP contribution is 2.20. The lowest BCUT2D eigenvalue weighted by molar-refractivity contribution is -0.270. The van der Waals surface area contributed by atoms with Crippen molar-refractivity contribution >= 4 is 0 Å². The Hall–Kier alpha value is -0.120. The van der Waals surface area contributed by atoms with Gasteiger partial charge in [-0.3, -0.25) is 0 Å². The van der Waals surface area contributed by atoms with Crippen LogP contribution in [-0.2, 0) is 9.47 Å². The topological polar surface area (TPSA) is 44.5 Å². The first-order valence-electron chi connectivity index (χ1n) is 3.66. The summed E-state index contributed by atoms with van der Waals surface area (Å²) in [4.78, 5) is 0. The second-order valence-electron chi connectivity index (χ2n) is 3.01. The first-order chi connectivity index (χ1) is 4.64. The molecule has 1 atom stereocenters. The Morgan fingerprint density at radius 2 is 2.30 bits per heavy atom. The van der Waals surface area contributed by atoms with E-state index in [9.17, 15) is 0 Å². The van der Waals surface area contributed by atoms with Crippen molar-refractivity contribution in [2.24, 2.45) is 5.73 Å². The summed E-state index contributed by atoms with van der Waals surface area (Å²) in [6, 6.07) is 0. The van der Waals surface area contributed by atoms with Crippen molar-refractivity contribution < 1.29 is 9.47 Å². The van der Waals surface area contributed by atoms with Crippen LogP contribution in [-0.4, -0.2) is 25.0 Å². The minimum Gasteiger partial charge on any atom is -0.350 e. The molecular weight excluding hydrogens is 130 g/mol. The van der Waals surface area contributed by atoms with Crippen LogP contribution >= 0.6 is 0 Å². The van der Waals surface area contributed by atoms with Crippen LogP contribution in [0.2, 0.25) is 0 Å². The molecule has 0 aromatic heterocycles. The molecule has 1 rings (SSSR count). The maximum Gasteiger partial charge on any atom is 0.163 e. The zero-order valence-electron chi connectivity index (χ0n) is 6.59. The lowest BCUT2D eigenvalue weighted by atomic mass is 10.2. The number of hydrogen-bond donors (Lipinski definition) is 1. The molecule has 1 aliphatic rings. The van der Waals surface area contributed by atoms with E-state index in [1.165, 1.54) is 0 Å². The Kier molecular flexibility index (Phi) is 2.28. The highest BCUT2D eigenvalue weighted by atomic mass is 16.7. The Balaban J connectivity index is 2.40. The van der Waals surface area contributed by atoms with Crippen LogP contribution in [0.4, 0.5) is 0 Å². The Labute approximate surface area is 61.5 Å². The molecule has 1 saturated heterocycles. The Morgan fingerprint density at radius 3 is 2.70 bits per heavy atom. The average Bonchev–Trinajstić information content (AvgIpc) is 1.86. The van der Waals surface area contributed by atoms with Gasteiger partial charge in [-0.05, 0) is 20.3 Å². The van der Waals surface area contributed by atoms with Crippen molar-refractivity contribution in [2.45, 2.75) is 32.2 Å². The molecule has 2 N–H and O–H groups in total. The van der Waals surface area contributed by atoms with Crippen LogP contribution in [0.5, 0.6) is 0 Å². The molecule has 3 nitrogen and oxygen atoms in total. The minimum atomic E-state index is -0.428. The summed E-state index contributed by atoms with van der Waals surface area (Å²) >= 11 is 0. The monoisotopic (exact) mass is 145 g/mol. The maximum absolute atomic E-state index is 5.48. The van der Waals surface area contributed by atoms with E-state index >= 15 is 0 Å². The third kappa shape index (κ3) is 1.94. The lowest BCUT2D eigenvalue weighted by Gasteiger charge is -2.35. The van der Waals surface area contributed by atoms with Crippen molar-refractivity contribution in [2.75, 3.05) is 13.2 Å². The third-order valence-electron chi connectivity index (χ3n) is 1.60. The second kappa shape index (κ2) is 2.86. The molecule has 0 spiro atoms. The third-order valence-corrected chi connectivity index (χ3v) is 1.60. The summed E-state index contributed by atoms with van der Waals surface area (Å²) in [5.41, 5.74) is 5.44. The van der Waals surface area contributed by atoms with Crippen molar-refractivity contribution in [1.82, 2.24) is 0 Å². The molecule has 0 saturated carbocycles. The summed E-state index contributed by atoms with van der Waals surface area (Å²) in [5.74, 6) is -0.428. The summed E-state index contributed by atoms with van der Waals surface area (Å²) in [7, 11) is 0. The van der Waals surface area contributed by atoms with Gasteiger partial charge < -0.3 is 15.2 Å². The highest BCUT2D eigenvalue weighted by Gasteiger charge is 2.28. The van der Waals surface area contributed by atoms with E-state index < -0.39 is 5.79 Å². The van der Waals surface area contributed by atoms with Gasteiger partial charge in [-0.15, -0.1) is 0 Å². The van der Waals surface area contributed by atoms with Gasteiger partial charge in [0.1, 0.15) is 0 Å². The molecule has 1 heterocycles. The Morgan fingerprint density at radius 1 is 1.60 bits per heavy atom. The van der Waals surface area contributed by atoms with E-state index in [2.05, 4.69) is 0 Å². The van der Waals surface area contributed by atoms with Crippen molar-refractivity contribution in [3.8, 4) is 0 Å². The highest BCUT2D eigenvalue weighted by molar-refractivity contribution is 4.68. The summed E-state index contributed by atoms with van der Waals surface area (Å²) < 4.78 is 10.8. The Bertz CT molecular complexity index is 114. The van der Waals surface area contributed by atoms with Gasteiger partial charge in [0.25, 0.3) is 0 Å². The van der Waals surface area contributed by atoms with Gasteiger partial charge in [0.15, 0.2) is 5.79 Å².